The van der Waals surface area contributed by atoms with Crippen LogP contribution in [0.5, 0.6) is 0 Å². The molecular formula is C11H11NO4. The SMILES string of the molecule is COC(=O)C1(c2ccccc2[N+](=O)[O-])CC1. The summed E-state index contributed by atoms with van der Waals surface area (Å²) >= 11 is 0. The highest BCUT2D eigenvalue weighted by Crippen LogP contribution is 2.51. The van der Waals surface area contributed by atoms with Crippen LogP contribution in [0, 0.1) is 10.1 Å². The fraction of sp³-hybridized carbons (Fsp3) is 0.364. The van der Waals surface area contributed by atoms with Gasteiger partial charge in [0.1, 0.15) is 0 Å². The molecule has 2 rings (SSSR count). The second-order valence-electron chi connectivity index (χ2n) is 3.85. The molecule has 5 nitrogen and oxygen atoms in total. The van der Waals surface area contributed by atoms with E-state index in [2.05, 4.69) is 0 Å². The number of methoxy groups -OCH3 is 1. The zero-order chi connectivity index (χ0) is 11.8. The maximum absolute atomic E-state index is 11.6. The van der Waals surface area contributed by atoms with E-state index in [4.69, 9.17) is 4.74 Å². The van der Waals surface area contributed by atoms with Gasteiger partial charge in [-0.2, -0.15) is 0 Å². The zero-order valence-corrected chi connectivity index (χ0v) is 8.80. The number of para-hydroxylation sites is 1. The van der Waals surface area contributed by atoms with Crippen molar-refractivity contribution in [3.05, 3.63) is 39.9 Å². The van der Waals surface area contributed by atoms with E-state index < -0.39 is 10.3 Å². The molecule has 0 atom stereocenters. The van der Waals surface area contributed by atoms with Crippen LogP contribution in [-0.4, -0.2) is 18.0 Å². The van der Waals surface area contributed by atoms with Crippen LogP contribution in [0.2, 0.25) is 0 Å². The lowest BCUT2D eigenvalue weighted by atomic mass is 9.94. The Labute approximate surface area is 92.2 Å². The Morgan fingerprint density at radius 2 is 2.06 bits per heavy atom. The number of esters is 1. The summed E-state index contributed by atoms with van der Waals surface area (Å²) in [5, 5.41) is 10.9. The number of rotatable bonds is 3. The predicted octanol–water partition coefficient (Wildman–Crippen LogP) is 1.80. The normalized spacial score (nSPS) is 16.6. The molecule has 5 heteroatoms. The zero-order valence-electron chi connectivity index (χ0n) is 8.80. The average Bonchev–Trinajstić information content (AvgIpc) is 3.09. The van der Waals surface area contributed by atoms with Gasteiger partial charge in [0.25, 0.3) is 5.69 Å². The summed E-state index contributed by atoms with van der Waals surface area (Å²) in [7, 11) is 1.30. The lowest BCUT2D eigenvalue weighted by Crippen LogP contribution is -2.22. The van der Waals surface area contributed by atoms with E-state index in [1.165, 1.54) is 13.2 Å². The molecule has 0 unspecified atom stereocenters. The first-order chi connectivity index (χ1) is 7.62. The Morgan fingerprint density at radius 1 is 1.44 bits per heavy atom. The summed E-state index contributed by atoms with van der Waals surface area (Å²) in [6.45, 7) is 0. The van der Waals surface area contributed by atoms with Crippen LogP contribution in [0.4, 0.5) is 5.69 Å². The molecule has 1 aromatic carbocycles. The minimum atomic E-state index is -0.779. The average molecular weight is 221 g/mol. The van der Waals surface area contributed by atoms with Crippen LogP contribution in [0.15, 0.2) is 24.3 Å². The highest BCUT2D eigenvalue weighted by molar-refractivity contribution is 5.88. The Balaban J connectivity index is 2.48. The molecule has 0 heterocycles. The maximum Gasteiger partial charge on any atom is 0.316 e. The smallest absolute Gasteiger partial charge is 0.316 e. The molecule has 84 valence electrons. The van der Waals surface area contributed by atoms with Gasteiger partial charge < -0.3 is 4.74 Å². The van der Waals surface area contributed by atoms with Gasteiger partial charge in [-0.1, -0.05) is 18.2 Å². The quantitative estimate of drug-likeness (QED) is 0.443. The van der Waals surface area contributed by atoms with Gasteiger partial charge in [0.05, 0.1) is 17.4 Å². The van der Waals surface area contributed by atoms with Crippen LogP contribution >= 0.6 is 0 Å². The minimum Gasteiger partial charge on any atom is -0.468 e. The van der Waals surface area contributed by atoms with E-state index in [-0.39, 0.29) is 11.7 Å². The van der Waals surface area contributed by atoms with Gasteiger partial charge in [-0.25, -0.2) is 0 Å². The summed E-state index contributed by atoms with van der Waals surface area (Å²) in [5.41, 5.74) is -0.324. The molecule has 1 aliphatic rings. The van der Waals surface area contributed by atoms with E-state index in [1.54, 1.807) is 18.2 Å². The van der Waals surface area contributed by atoms with Gasteiger partial charge in [0, 0.05) is 11.6 Å². The first-order valence-electron chi connectivity index (χ1n) is 4.94. The Morgan fingerprint density at radius 3 is 2.56 bits per heavy atom. The Kier molecular flexibility index (Phi) is 2.38. The second-order valence-corrected chi connectivity index (χ2v) is 3.85. The number of benzene rings is 1. The molecule has 0 saturated heterocycles. The van der Waals surface area contributed by atoms with E-state index in [1.807, 2.05) is 0 Å². The van der Waals surface area contributed by atoms with Gasteiger partial charge in [-0.15, -0.1) is 0 Å². The number of nitrogens with zero attached hydrogens (tertiary/aromatic N) is 1. The first kappa shape index (κ1) is 10.6. The molecule has 0 aromatic heterocycles. The molecule has 0 amide bonds. The third kappa shape index (κ3) is 1.44. The van der Waals surface area contributed by atoms with Crippen molar-refractivity contribution in [1.82, 2.24) is 0 Å². The third-order valence-electron chi connectivity index (χ3n) is 2.94. The standard InChI is InChI=1S/C11H11NO4/c1-16-10(13)11(6-7-11)8-4-2-3-5-9(8)12(14)15/h2-5H,6-7H2,1H3. The summed E-state index contributed by atoms with van der Waals surface area (Å²) in [5.74, 6) is -0.387. The van der Waals surface area contributed by atoms with Gasteiger partial charge in [0.15, 0.2) is 0 Å². The number of carbonyl (C=O) groups is 1. The molecular weight excluding hydrogens is 210 g/mol. The van der Waals surface area contributed by atoms with Crippen molar-refractivity contribution in [1.29, 1.82) is 0 Å². The van der Waals surface area contributed by atoms with Crippen molar-refractivity contribution in [3.63, 3.8) is 0 Å². The van der Waals surface area contributed by atoms with Crippen LogP contribution in [0.3, 0.4) is 0 Å². The minimum absolute atomic E-state index is 0.00889. The van der Waals surface area contributed by atoms with Crippen LogP contribution in [0.1, 0.15) is 18.4 Å². The summed E-state index contributed by atoms with van der Waals surface area (Å²) in [6.07, 6.45) is 1.23. The molecule has 1 saturated carbocycles. The Bertz CT molecular complexity index is 451. The largest absolute Gasteiger partial charge is 0.468 e. The van der Waals surface area contributed by atoms with Crippen molar-refractivity contribution < 1.29 is 14.5 Å². The molecule has 0 aliphatic heterocycles. The number of ether oxygens (including phenoxy) is 1. The lowest BCUT2D eigenvalue weighted by Gasteiger charge is -2.12. The van der Waals surface area contributed by atoms with E-state index >= 15 is 0 Å². The monoisotopic (exact) mass is 221 g/mol. The van der Waals surface area contributed by atoms with Gasteiger partial charge in [0.2, 0.25) is 0 Å². The Hall–Kier alpha value is -1.91. The van der Waals surface area contributed by atoms with Gasteiger partial charge in [-0.05, 0) is 12.8 Å². The topological polar surface area (TPSA) is 69.4 Å². The summed E-state index contributed by atoms with van der Waals surface area (Å²) in [4.78, 5) is 22.0. The number of hydrogen-bond donors (Lipinski definition) is 0. The number of hydrogen-bond acceptors (Lipinski definition) is 4. The second kappa shape index (κ2) is 3.59. The highest BCUT2D eigenvalue weighted by Gasteiger charge is 2.55. The van der Waals surface area contributed by atoms with Crippen LogP contribution in [0.25, 0.3) is 0 Å². The maximum atomic E-state index is 11.6. The van der Waals surface area contributed by atoms with E-state index in [0.29, 0.717) is 18.4 Å². The molecule has 0 bridgehead atoms. The summed E-state index contributed by atoms with van der Waals surface area (Å²) in [6, 6.07) is 6.33. The number of carbonyl (C=O) groups excluding carboxylic acids is 1. The molecule has 1 fully saturated rings. The molecule has 0 spiro atoms. The number of nitro benzene ring substituents is 1. The van der Waals surface area contributed by atoms with Gasteiger partial charge in [-0.3, -0.25) is 14.9 Å². The van der Waals surface area contributed by atoms with Gasteiger partial charge >= 0.3 is 5.97 Å². The first-order valence-corrected chi connectivity index (χ1v) is 4.94. The van der Waals surface area contributed by atoms with Crippen molar-refractivity contribution in [3.8, 4) is 0 Å². The third-order valence-corrected chi connectivity index (χ3v) is 2.94. The van der Waals surface area contributed by atoms with E-state index in [9.17, 15) is 14.9 Å². The van der Waals surface area contributed by atoms with Crippen LogP contribution < -0.4 is 0 Å². The molecule has 16 heavy (non-hydrogen) atoms. The van der Waals surface area contributed by atoms with Crippen molar-refractivity contribution in [2.24, 2.45) is 0 Å². The highest BCUT2D eigenvalue weighted by atomic mass is 16.6. The fourth-order valence-electron chi connectivity index (χ4n) is 1.94. The van der Waals surface area contributed by atoms with Crippen LogP contribution in [-0.2, 0) is 14.9 Å². The molecule has 1 aromatic rings. The number of nitro groups is 1. The van der Waals surface area contributed by atoms with E-state index in [0.717, 1.165) is 0 Å². The predicted molar refractivity (Wildman–Crippen MR) is 56.0 cm³/mol. The molecule has 1 aliphatic carbocycles. The van der Waals surface area contributed by atoms with Crippen molar-refractivity contribution in [2.45, 2.75) is 18.3 Å². The van der Waals surface area contributed by atoms with Crippen molar-refractivity contribution >= 4 is 11.7 Å². The molecule has 0 radical (unpaired) electrons. The summed E-state index contributed by atoms with van der Waals surface area (Å²) < 4.78 is 4.71. The molecule has 0 N–H and O–H groups in total. The van der Waals surface area contributed by atoms with Crippen molar-refractivity contribution in [2.75, 3.05) is 7.11 Å². The fourth-order valence-corrected chi connectivity index (χ4v) is 1.94. The lowest BCUT2D eigenvalue weighted by molar-refractivity contribution is -0.385.